The third-order valence-electron chi connectivity index (χ3n) is 5.17. The summed E-state index contributed by atoms with van der Waals surface area (Å²) in [5, 5.41) is 11.4. The summed E-state index contributed by atoms with van der Waals surface area (Å²) in [5.74, 6) is 0.870. The molecule has 0 bridgehead atoms. The summed E-state index contributed by atoms with van der Waals surface area (Å²) in [6.45, 7) is 0.536. The van der Waals surface area contributed by atoms with E-state index < -0.39 is 0 Å². The summed E-state index contributed by atoms with van der Waals surface area (Å²) < 4.78 is 5.46. The Morgan fingerprint density at radius 3 is 2.83 bits per heavy atom. The molecule has 0 aliphatic carbocycles. The van der Waals surface area contributed by atoms with Gasteiger partial charge in [0.2, 0.25) is 5.91 Å². The highest BCUT2D eigenvalue weighted by Crippen LogP contribution is 2.33. The van der Waals surface area contributed by atoms with Gasteiger partial charge in [0.25, 0.3) is 5.89 Å². The van der Waals surface area contributed by atoms with E-state index in [0.29, 0.717) is 30.4 Å². The monoisotopic (exact) mass is 417 g/mol. The van der Waals surface area contributed by atoms with Crippen molar-refractivity contribution in [3.63, 3.8) is 0 Å². The quantitative estimate of drug-likeness (QED) is 0.485. The number of thioether (sulfide) groups is 1. The first-order valence-corrected chi connectivity index (χ1v) is 10.8. The van der Waals surface area contributed by atoms with E-state index >= 15 is 0 Å². The number of amides is 1. The van der Waals surface area contributed by atoms with Crippen LogP contribution in [0.4, 0.5) is 5.69 Å². The fraction of sp³-hybridized carbons (Fsp3) is 0.182. The van der Waals surface area contributed by atoms with Gasteiger partial charge in [0, 0.05) is 35.0 Å². The van der Waals surface area contributed by atoms with Crippen LogP contribution < -0.4 is 4.90 Å². The lowest BCUT2D eigenvalue weighted by atomic mass is 10.1. The highest BCUT2D eigenvalue weighted by atomic mass is 32.2. The third-order valence-corrected chi connectivity index (χ3v) is 5.90. The van der Waals surface area contributed by atoms with Crippen LogP contribution in [0.15, 0.2) is 70.1 Å². The fourth-order valence-electron chi connectivity index (χ4n) is 3.61. The van der Waals surface area contributed by atoms with Gasteiger partial charge in [-0.2, -0.15) is 10.1 Å². The molecular weight excluding hydrogens is 398 g/mol. The first-order chi connectivity index (χ1) is 14.7. The number of hydrogen-bond acceptors (Lipinski definition) is 6. The van der Waals surface area contributed by atoms with Gasteiger partial charge in [-0.25, -0.2) is 0 Å². The van der Waals surface area contributed by atoms with Crippen LogP contribution in [0.5, 0.6) is 0 Å². The molecule has 1 amide bonds. The number of aromatic amines is 1. The number of H-pyrrole nitrogens is 1. The standard InChI is InChI=1S/C22H19N5O2S/c1-30-17-9-5-8-16(11-17)27-13-15(10-20(27)28)21-23-22(29-26-21)19-12-18(24-25-19)14-6-3-2-4-7-14/h2-9,11-12,15H,10,13H2,1H3,(H,24,25). The van der Waals surface area contributed by atoms with E-state index in [2.05, 4.69) is 20.3 Å². The van der Waals surface area contributed by atoms with E-state index in [-0.39, 0.29) is 11.8 Å². The van der Waals surface area contributed by atoms with E-state index in [1.165, 1.54) is 0 Å². The van der Waals surface area contributed by atoms with E-state index in [4.69, 9.17) is 4.52 Å². The Labute approximate surface area is 177 Å². The molecule has 3 heterocycles. The topological polar surface area (TPSA) is 87.9 Å². The van der Waals surface area contributed by atoms with Crippen molar-refractivity contribution in [3.8, 4) is 22.8 Å². The lowest BCUT2D eigenvalue weighted by Crippen LogP contribution is -2.24. The van der Waals surface area contributed by atoms with Gasteiger partial charge in [-0.3, -0.25) is 9.89 Å². The van der Waals surface area contributed by atoms with Crippen LogP contribution >= 0.6 is 11.8 Å². The van der Waals surface area contributed by atoms with Crippen LogP contribution in [0.25, 0.3) is 22.8 Å². The number of nitrogens with zero attached hydrogens (tertiary/aromatic N) is 4. The molecule has 5 rings (SSSR count). The zero-order chi connectivity index (χ0) is 20.5. The van der Waals surface area contributed by atoms with Crippen molar-refractivity contribution in [1.82, 2.24) is 20.3 Å². The van der Waals surface area contributed by atoms with Crippen molar-refractivity contribution in [1.29, 1.82) is 0 Å². The summed E-state index contributed by atoms with van der Waals surface area (Å²) in [4.78, 5) is 20.1. The fourth-order valence-corrected chi connectivity index (χ4v) is 4.06. The van der Waals surface area contributed by atoms with E-state index in [1.807, 2.05) is 66.9 Å². The van der Waals surface area contributed by atoms with Gasteiger partial charge in [0.1, 0.15) is 5.69 Å². The molecule has 1 atom stereocenters. The van der Waals surface area contributed by atoms with Crippen LogP contribution in [0.2, 0.25) is 0 Å². The summed E-state index contributed by atoms with van der Waals surface area (Å²) in [7, 11) is 0. The number of hydrogen-bond donors (Lipinski definition) is 1. The summed E-state index contributed by atoms with van der Waals surface area (Å²) in [6.07, 6.45) is 2.38. The minimum absolute atomic E-state index is 0.0671. The molecule has 1 aliphatic heterocycles. The zero-order valence-corrected chi connectivity index (χ0v) is 17.1. The van der Waals surface area contributed by atoms with Gasteiger partial charge in [0.15, 0.2) is 5.82 Å². The average Bonchev–Trinajstić information content (AvgIpc) is 3.53. The lowest BCUT2D eigenvalue weighted by Gasteiger charge is -2.16. The summed E-state index contributed by atoms with van der Waals surface area (Å²) >= 11 is 1.65. The smallest absolute Gasteiger partial charge is 0.275 e. The molecule has 1 N–H and O–H groups in total. The molecule has 7 nitrogen and oxygen atoms in total. The summed E-state index contributed by atoms with van der Waals surface area (Å²) in [5.41, 5.74) is 3.37. The summed E-state index contributed by atoms with van der Waals surface area (Å²) in [6, 6.07) is 19.7. The maximum atomic E-state index is 12.6. The maximum Gasteiger partial charge on any atom is 0.275 e. The van der Waals surface area contributed by atoms with Crippen LogP contribution in [-0.2, 0) is 4.79 Å². The molecule has 0 saturated carbocycles. The molecule has 0 radical (unpaired) electrons. The minimum Gasteiger partial charge on any atom is -0.332 e. The Bertz CT molecular complexity index is 1190. The van der Waals surface area contributed by atoms with Crippen LogP contribution in [0.3, 0.4) is 0 Å². The van der Waals surface area contributed by atoms with Gasteiger partial charge in [-0.1, -0.05) is 41.6 Å². The number of rotatable bonds is 5. The average molecular weight is 417 g/mol. The highest BCUT2D eigenvalue weighted by molar-refractivity contribution is 7.98. The Hall–Kier alpha value is -3.39. The first kappa shape index (κ1) is 18.6. The molecule has 150 valence electrons. The van der Waals surface area contributed by atoms with Gasteiger partial charge < -0.3 is 9.42 Å². The molecule has 8 heteroatoms. The predicted molar refractivity (Wildman–Crippen MR) is 115 cm³/mol. The molecule has 1 unspecified atom stereocenters. The number of carbonyl (C=O) groups is 1. The molecule has 4 aromatic rings. The Balaban J connectivity index is 1.35. The predicted octanol–water partition coefficient (Wildman–Crippen LogP) is 4.37. The second-order valence-corrected chi connectivity index (χ2v) is 7.98. The van der Waals surface area contributed by atoms with Crippen molar-refractivity contribution in [2.75, 3.05) is 17.7 Å². The van der Waals surface area contributed by atoms with Gasteiger partial charge in [-0.15, -0.1) is 11.8 Å². The van der Waals surface area contributed by atoms with Gasteiger partial charge in [0.05, 0.1) is 5.69 Å². The first-order valence-electron chi connectivity index (χ1n) is 9.60. The molecule has 2 aromatic heterocycles. The molecule has 1 fully saturated rings. The second-order valence-electron chi connectivity index (χ2n) is 7.10. The number of carbonyl (C=O) groups excluding carboxylic acids is 1. The lowest BCUT2D eigenvalue weighted by molar-refractivity contribution is -0.117. The SMILES string of the molecule is CSc1cccc(N2CC(c3noc(-c4cc(-c5ccccc5)n[nH]4)n3)CC2=O)c1. The Morgan fingerprint density at radius 2 is 2.00 bits per heavy atom. The highest BCUT2D eigenvalue weighted by Gasteiger charge is 2.34. The van der Waals surface area contributed by atoms with E-state index in [0.717, 1.165) is 21.8 Å². The molecule has 0 spiro atoms. The van der Waals surface area contributed by atoms with Gasteiger partial charge >= 0.3 is 0 Å². The molecule has 1 saturated heterocycles. The van der Waals surface area contributed by atoms with Crippen molar-refractivity contribution < 1.29 is 9.32 Å². The molecule has 30 heavy (non-hydrogen) atoms. The largest absolute Gasteiger partial charge is 0.332 e. The van der Waals surface area contributed by atoms with Crippen LogP contribution in [0.1, 0.15) is 18.2 Å². The van der Waals surface area contributed by atoms with Crippen LogP contribution in [-0.4, -0.2) is 39.0 Å². The van der Waals surface area contributed by atoms with E-state index in [1.54, 1.807) is 16.7 Å². The minimum atomic E-state index is -0.107. The Kier molecular flexibility index (Phi) is 4.84. The number of benzene rings is 2. The number of anilines is 1. The zero-order valence-electron chi connectivity index (χ0n) is 16.3. The molecule has 2 aromatic carbocycles. The van der Waals surface area contributed by atoms with Crippen molar-refractivity contribution >= 4 is 23.4 Å². The molecule has 1 aliphatic rings. The van der Waals surface area contributed by atoms with Crippen LogP contribution in [0, 0.1) is 0 Å². The van der Waals surface area contributed by atoms with Crippen molar-refractivity contribution in [3.05, 3.63) is 66.5 Å². The third kappa shape index (κ3) is 3.50. The molecular formula is C22H19N5O2S. The Morgan fingerprint density at radius 1 is 1.13 bits per heavy atom. The van der Waals surface area contributed by atoms with E-state index in [9.17, 15) is 4.79 Å². The van der Waals surface area contributed by atoms with Crippen molar-refractivity contribution in [2.45, 2.75) is 17.2 Å². The second kappa shape index (κ2) is 7.79. The maximum absolute atomic E-state index is 12.6. The number of aromatic nitrogens is 4. The van der Waals surface area contributed by atoms with Crippen molar-refractivity contribution in [2.24, 2.45) is 0 Å². The van der Waals surface area contributed by atoms with Gasteiger partial charge in [-0.05, 0) is 30.5 Å². The number of nitrogens with one attached hydrogen (secondary N) is 1. The normalized spacial score (nSPS) is 16.4.